The molecule has 0 amide bonds. The Hall–Kier alpha value is -1.59. The summed E-state index contributed by atoms with van der Waals surface area (Å²) in [6.45, 7) is 0.458. The van der Waals surface area contributed by atoms with Gasteiger partial charge in [-0.3, -0.25) is 0 Å². The second-order valence-electron chi connectivity index (χ2n) is 3.39. The fourth-order valence-electron chi connectivity index (χ4n) is 1.39. The summed E-state index contributed by atoms with van der Waals surface area (Å²) in [6, 6.07) is 3.56. The molecule has 0 aliphatic heterocycles. The minimum absolute atomic E-state index is 0.129. The number of ether oxygens (including phenoxy) is 1. The molecule has 0 bridgehead atoms. The van der Waals surface area contributed by atoms with Crippen molar-refractivity contribution >= 4 is 17.5 Å². The van der Waals surface area contributed by atoms with Gasteiger partial charge in [0.1, 0.15) is 11.8 Å². The van der Waals surface area contributed by atoms with Gasteiger partial charge in [-0.25, -0.2) is 9.97 Å². The van der Waals surface area contributed by atoms with Crippen LogP contribution in [0.2, 0.25) is 5.02 Å². The fraction of sp³-hybridized carbons (Fsp3) is 0.273. The molecule has 0 aromatic carbocycles. The molecule has 0 radical (unpaired) electrons. The van der Waals surface area contributed by atoms with Crippen molar-refractivity contribution in [1.29, 1.82) is 0 Å². The summed E-state index contributed by atoms with van der Waals surface area (Å²) in [5.74, 6) is 1.25. The van der Waals surface area contributed by atoms with Gasteiger partial charge < -0.3 is 14.5 Å². The van der Waals surface area contributed by atoms with Gasteiger partial charge in [-0.05, 0) is 12.1 Å². The van der Waals surface area contributed by atoms with Crippen molar-refractivity contribution < 1.29 is 9.15 Å². The molecular weight excluding hydrogens is 242 g/mol. The predicted octanol–water partition coefficient (Wildman–Crippen LogP) is 2.52. The van der Waals surface area contributed by atoms with E-state index in [1.54, 1.807) is 13.4 Å². The van der Waals surface area contributed by atoms with Crippen LogP contribution < -0.4 is 5.32 Å². The maximum Gasteiger partial charge on any atom is 0.223 e. The van der Waals surface area contributed by atoms with Gasteiger partial charge in [-0.2, -0.15) is 0 Å². The van der Waals surface area contributed by atoms with Gasteiger partial charge in [-0.1, -0.05) is 11.6 Å². The monoisotopic (exact) mass is 253 g/mol. The molecule has 1 unspecified atom stereocenters. The first-order valence-electron chi connectivity index (χ1n) is 5.06. The predicted molar refractivity (Wildman–Crippen MR) is 64.0 cm³/mol. The maximum absolute atomic E-state index is 5.71. The molecule has 0 saturated carbocycles. The average Bonchev–Trinajstić information content (AvgIpc) is 2.85. The Morgan fingerprint density at radius 3 is 2.82 bits per heavy atom. The number of furan rings is 1. The van der Waals surface area contributed by atoms with Crippen molar-refractivity contribution in [3.63, 3.8) is 0 Å². The highest BCUT2D eigenvalue weighted by atomic mass is 35.5. The lowest BCUT2D eigenvalue weighted by molar-refractivity contribution is 0.178. The lowest BCUT2D eigenvalue weighted by Crippen LogP contribution is -2.17. The summed E-state index contributed by atoms with van der Waals surface area (Å²) in [7, 11) is 1.63. The Kier molecular flexibility index (Phi) is 3.95. The van der Waals surface area contributed by atoms with E-state index in [0.717, 1.165) is 5.76 Å². The van der Waals surface area contributed by atoms with Crippen molar-refractivity contribution in [1.82, 2.24) is 9.97 Å². The SMILES string of the molecule is COCC(Nc1ncc(Cl)cn1)c1ccco1. The van der Waals surface area contributed by atoms with Gasteiger partial charge in [0.05, 0.1) is 30.3 Å². The molecule has 1 N–H and O–H groups in total. The summed E-state index contributed by atoms with van der Waals surface area (Å²) in [5, 5.41) is 3.61. The van der Waals surface area contributed by atoms with Gasteiger partial charge in [0.15, 0.2) is 0 Å². The first kappa shape index (κ1) is 11.9. The standard InChI is InChI=1S/C11H12ClN3O2/c1-16-7-9(10-3-2-4-17-10)15-11-13-5-8(12)6-14-11/h2-6,9H,7H2,1H3,(H,13,14,15). The molecule has 0 saturated heterocycles. The Morgan fingerprint density at radius 2 is 2.24 bits per heavy atom. The van der Waals surface area contributed by atoms with Crippen LogP contribution in [-0.2, 0) is 4.74 Å². The van der Waals surface area contributed by atoms with Crippen molar-refractivity contribution in [3.8, 4) is 0 Å². The van der Waals surface area contributed by atoms with Gasteiger partial charge in [-0.15, -0.1) is 0 Å². The van der Waals surface area contributed by atoms with Gasteiger partial charge in [0.25, 0.3) is 0 Å². The van der Waals surface area contributed by atoms with Crippen LogP contribution >= 0.6 is 11.6 Å². The fourth-order valence-corrected chi connectivity index (χ4v) is 1.49. The molecule has 0 spiro atoms. The summed E-state index contributed by atoms with van der Waals surface area (Å²) in [4.78, 5) is 8.12. The highest BCUT2D eigenvalue weighted by Gasteiger charge is 2.14. The minimum atomic E-state index is -0.129. The Labute approximate surface area is 104 Å². The molecule has 5 nitrogen and oxygen atoms in total. The van der Waals surface area contributed by atoms with E-state index in [1.165, 1.54) is 12.4 Å². The summed E-state index contributed by atoms with van der Waals surface area (Å²) in [6.07, 6.45) is 4.67. The van der Waals surface area contributed by atoms with E-state index in [1.807, 2.05) is 12.1 Å². The third kappa shape index (κ3) is 3.18. The van der Waals surface area contributed by atoms with E-state index < -0.39 is 0 Å². The molecule has 2 aromatic heterocycles. The number of anilines is 1. The number of aromatic nitrogens is 2. The largest absolute Gasteiger partial charge is 0.467 e. The van der Waals surface area contributed by atoms with Gasteiger partial charge >= 0.3 is 0 Å². The molecule has 2 rings (SSSR count). The molecule has 1 atom stereocenters. The van der Waals surface area contributed by atoms with Crippen LogP contribution in [0, 0.1) is 0 Å². The van der Waals surface area contributed by atoms with Crippen LogP contribution in [-0.4, -0.2) is 23.7 Å². The number of rotatable bonds is 5. The number of methoxy groups -OCH3 is 1. The Bertz CT molecular complexity index is 444. The van der Waals surface area contributed by atoms with E-state index in [2.05, 4.69) is 15.3 Å². The second-order valence-corrected chi connectivity index (χ2v) is 3.83. The summed E-state index contributed by atoms with van der Waals surface area (Å²) in [5.41, 5.74) is 0. The van der Waals surface area contributed by atoms with Crippen LogP contribution in [0.25, 0.3) is 0 Å². The van der Waals surface area contributed by atoms with E-state index in [0.29, 0.717) is 17.6 Å². The van der Waals surface area contributed by atoms with Crippen LogP contribution in [0.5, 0.6) is 0 Å². The second kappa shape index (κ2) is 5.65. The van der Waals surface area contributed by atoms with Crippen LogP contribution in [0.3, 0.4) is 0 Å². The third-order valence-electron chi connectivity index (χ3n) is 2.14. The minimum Gasteiger partial charge on any atom is -0.467 e. The first-order chi connectivity index (χ1) is 8.29. The van der Waals surface area contributed by atoms with Gasteiger partial charge in [0.2, 0.25) is 5.95 Å². The molecule has 17 heavy (non-hydrogen) atoms. The van der Waals surface area contributed by atoms with Crippen molar-refractivity contribution in [2.45, 2.75) is 6.04 Å². The van der Waals surface area contributed by atoms with Crippen molar-refractivity contribution in [2.75, 3.05) is 19.0 Å². The number of halogens is 1. The average molecular weight is 254 g/mol. The topological polar surface area (TPSA) is 60.2 Å². The molecule has 2 aromatic rings. The zero-order valence-corrected chi connectivity index (χ0v) is 10.0. The van der Waals surface area contributed by atoms with E-state index >= 15 is 0 Å². The van der Waals surface area contributed by atoms with E-state index in [4.69, 9.17) is 20.8 Å². The number of hydrogen-bond acceptors (Lipinski definition) is 5. The van der Waals surface area contributed by atoms with Crippen LogP contribution in [0.4, 0.5) is 5.95 Å². The molecule has 2 heterocycles. The van der Waals surface area contributed by atoms with Crippen LogP contribution in [0.15, 0.2) is 35.2 Å². The lowest BCUT2D eigenvalue weighted by atomic mass is 10.2. The first-order valence-corrected chi connectivity index (χ1v) is 5.44. The molecular formula is C11H12ClN3O2. The lowest BCUT2D eigenvalue weighted by Gasteiger charge is -2.15. The van der Waals surface area contributed by atoms with Crippen molar-refractivity contribution in [2.24, 2.45) is 0 Å². The number of nitrogens with one attached hydrogen (secondary N) is 1. The molecule has 6 heteroatoms. The third-order valence-corrected chi connectivity index (χ3v) is 2.34. The Balaban J connectivity index is 2.10. The quantitative estimate of drug-likeness (QED) is 0.887. The van der Waals surface area contributed by atoms with Gasteiger partial charge in [0, 0.05) is 7.11 Å². The van der Waals surface area contributed by atoms with E-state index in [9.17, 15) is 0 Å². The number of hydrogen-bond donors (Lipinski definition) is 1. The highest BCUT2D eigenvalue weighted by Crippen LogP contribution is 2.18. The molecule has 90 valence electrons. The molecule has 0 fully saturated rings. The van der Waals surface area contributed by atoms with Crippen LogP contribution in [0.1, 0.15) is 11.8 Å². The zero-order valence-electron chi connectivity index (χ0n) is 9.26. The summed E-state index contributed by atoms with van der Waals surface area (Å²) >= 11 is 5.71. The normalized spacial score (nSPS) is 12.4. The van der Waals surface area contributed by atoms with E-state index in [-0.39, 0.29) is 6.04 Å². The smallest absolute Gasteiger partial charge is 0.223 e. The highest BCUT2D eigenvalue weighted by molar-refractivity contribution is 6.30. The maximum atomic E-state index is 5.71. The van der Waals surface area contributed by atoms with Crippen molar-refractivity contribution in [3.05, 3.63) is 41.6 Å². The number of nitrogens with zero attached hydrogens (tertiary/aromatic N) is 2. The zero-order chi connectivity index (χ0) is 12.1. The molecule has 0 aliphatic rings. The summed E-state index contributed by atoms with van der Waals surface area (Å²) < 4.78 is 10.4. The molecule has 0 aliphatic carbocycles. The Morgan fingerprint density at radius 1 is 1.47 bits per heavy atom.